The molecule has 6 nitrogen and oxygen atoms in total. The monoisotopic (exact) mass is 387 g/mol. The Kier molecular flexibility index (Phi) is 5.53. The van der Waals surface area contributed by atoms with Crippen molar-refractivity contribution in [2.75, 3.05) is 24.4 Å². The molecule has 1 aliphatic heterocycles. The fourth-order valence-electron chi connectivity index (χ4n) is 3.15. The van der Waals surface area contributed by atoms with Gasteiger partial charge in [-0.1, -0.05) is 12.1 Å². The van der Waals surface area contributed by atoms with Gasteiger partial charge in [0.15, 0.2) is 0 Å². The predicted octanol–water partition coefficient (Wildman–Crippen LogP) is 2.54. The van der Waals surface area contributed by atoms with Crippen LogP contribution in [0.15, 0.2) is 47.4 Å². The van der Waals surface area contributed by atoms with E-state index < -0.39 is 10.0 Å². The SMILES string of the molecule is Cc1cccc(NS(=O)(=O)c2ccc(C(=O)N3CCNC[C@@H]3C)cc2)c1C. The number of nitrogens with one attached hydrogen (secondary N) is 2. The molecule has 1 atom stereocenters. The summed E-state index contributed by atoms with van der Waals surface area (Å²) in [4.78, 5) is 14.6. The normalized spacial score (nSPS) is 17.6. The van der Waals surface area contributed by atoms with Crippen molar-refractivity contribution < 1.29 is 13.2 Å². The average Bonchev–Trinajstić information content (AvgIpc) is 2.65. The van der Waals surface area contributed by atoms with E-state index >= 15 is 0 Å². The molecule has 0 radical (unpaired) electrons. The number of benzene rings is 2. The zero-order valence-corrected chi connectivity index (χ0v) is 16.6. The first-order valence-electron chi connectivity index (χ1n) is 9.00. The molecule has 0 aromatic heterocycles. The molecule has 0 saturated carbocycles. The van der Waals surface area contributed by atoms with E-state index in [1.165, 1.54) is 12.1 Å². The number of hydrogen-bond donors (Lipinski definition) is 2. The lowest BCUT2D eigenvalue weighted by molar-refractivity contribution is 0.0655. The van der Waals surface area contributed by atoms with Crippen molar-refractivity contribution in [1.82, 2.24) is 10.2 Å². The third-order valence-electron chi connectivity index (χ3n) is 5.02. The van der Waals surface area contributed by atoms with Crippen molar-refractivity contribution in [2.24, 2.45) is 0 Å². The Balaban J connectivity index is 1.79. The van der Waals surface area contributed by atoms with Crippen LogP contribution in [0, 0.1) is 13.8 Å². The molecule has 2 aromatic rings. The van der Waals surface area contributed by atoms with Gasteiger partial charge in [-0.15, -0.1) is 0 Å². The van der Waals surface area contributed by atoms with E-state index in [9.17, 15) is 13.2 Å². The summed E-state index contributed by atoms with van der Waals surface area (Å²) in [5, 5.41) is 3.25. The molecule has 144 valence electrons. The van der Waals surface area contributed by atoms with Gasteiger partial charge in [-0.2, -0.15) is 0 Å². The Morgan fingerprint density at radius 1 is 1.15 bits per heavy atom. The van der Waals surface area contributed by atoms with Crippen molar-refractivity contribution in [3.8, 4) is 0 Å². The minimum atomic E-state index is -3.72. The Labute approximate surface area is 160 Å². The van der Waals surface area contributed by atoms with Gasteiger partial charge in [0.2, 0.25) is 0 Å². The van der Waals surface area contributed by atoms with Crippen LogP contribution in [-0.4, -0.2) is 44.9 Å². The molecule has 2 N–H and O–H groups in total. The maximum absolute atomic E-state index is 12.7. The minimum Gasteiger partial charge on any atom is -0.333 e. The van der Waals surface area contributed by atoms with Crippen LogP contribution in [0.3, 0.4) is 0 Å². The number of amides is 1. The minimum absolute atomic E-state index is 0.0737. The van der Waals surface area contributed by atoms with Gasteiger partial charge in [0.25, 0.3) is 15.9 Å². The zero-order chi connectivity index (χ0) is 19.6. The second kappa shape index (κ2) is 7.70. The number of anilines is 1. The van der Waals surface area contributed by atoms with Crippen LogP contribution in [-0.2, 0) is 10.0 Å². The van der Waals surface area contributed by atoms with Crippen molar-refractivity contribution in [3.63, 3.8) is 0 Å². The van der Waals surface area contributed by atoms with E-state index in [4.69, 9.17) is 0 Å². The fourth-order valence-corrected chi connectivity index (χ4v) is 4.27. The second-order valence-electron chi connectivity index (χ2n) is 6.93. The highest BCUT2D eigenvalue weighted by molar-refractivity contribution is 7.92. The highest BCUT2D eigenvalue weighted by Gasteiger charge is 2.24. The molecule has 7 heteroatoms. The van der Waals surface area contributed by atoms with Crippen LogP contribution >= 0.6 is 0 Å². The highest BCUT2D eigenvalue weighted by Crippen LogP contribution is 2.22. The number of aryl methyl sites for hydroxylation is 1. The van der Waals surface area contributed by atoms with Crippen LogP contribution in [0.5, 0.6) is 0 Å². The second-order valence-corrected chi connectivity index (χ2v) is 8.61. The van der Waals surface area contributed by atoms with Crippen LogP contribution in [0.1, 0.15) is 28.4 Å². The van der Waals surface area contributed by atoms with Gasteiger partial charge in [0, 0.05) is 31.2 Å². The molecule has 1 heterocycles. The number of hydrogen-bond acceptors (Lipinski definition) is 4. The molecular formula is C20H25N3O3S. The first-order chi connectivity index (χ1) is 12.8. The van der Waals surface area contributed by atoms with Crippen LogP contribution in [0.25, 0.3) is 0 Å². The largest absolute Gasteiger partial charge is 0.333 e. The lowest BCUT2D eigenvalue weighted by Gasteiger charge is -2.34. The Hall–Kier alpha value is -2.38. The van der Waals surface area contributed by atoms with Crippen molar-refractivity contribution in [3.05, 3.63) is 59.2 Å². The third-order valence-corrected chi connectivity index (χ3v) is 6.40. The van der Waals surface area contributed by atoms with Crippen LogP contribution in [0.2, 0.25) is 0 Å². The standard InChI is InChI=1S/C20H25N3O3S/c1-14-5-4-6-19(16(14)3)22-27(25,26)18-9-7-17(8-10-18)20(24)23-12-11-21-13-15(23)2/h4-10,15,21-22H,11-13H2,1-3H3/t15-/m0/s1. The lowest BCUT2D eigenvalue weighted by Crippen LogP contribution is -2.52. The van der Waals surface area contributed by atoms with Gasteiger partial charge in [-0.05, 0) is 62.2 Å². The van der Waals surface area contributed by atoms with Gasteiger partial charge in [0.1, 0.15) is 0 Å². The van der Waals surface area contributed by atoms with Crippen molar-refractivity contribution in [2.45, 2.75) is 31.7 Å². The number of rotatable bonds is 4. The van der Waals surface area contributed by atoms with Crippen molar-refractivity contribution >= 4 is 21.6 Å². The van der Waals surface area contributed by atoms with E-state index in [1.807, 2.05) is 37.8 Å². The van der Waals surface area contributed by atoms with Gasteiger partial charge >= 0.3 is 0 Å². The van der Waals surface area contributed by atoms with Gasteiger partial charge in [0.05, 0.1) is 10.6 Å². The van der Waals surface area contributed by atoms with E-state index in [-0.39, 0.29) is 16.8 Å². The molecule has 1 amide bonds. The number of carbonyl (C=O) groups is 1. The summed E-state index contributed by atoms with van der Waals surface area (Å²) in [6.07, 6.45) is 0. The molecule has 0 spiro atoms. The van der Waals surface area contributed by atoms with Crippen LogP contribution < -0.4 is 10.0 Å². The maximum Gasteiger partial charge on any atom is 0.261 e. The third kappa shape index (κ3) is 4.14. The number of nitrogens with zero attached hydrogens (tertiary/aromatic N) is 1. The van der Waals surface area contributed by atoms with E-state index in [2.05, 4.69) is 10.0 Å². The highest BCUT2D eigenvalue weighted by atomic mass is 32.2. The Bertz CT molecular complexity index is 939. The quantitative estimate of drug-likeness (QED) is 0.845. The summed E-state index contributed by atoms with van der Waals surface area (Å²) in [6, 6.07) is 11.7. The molecule has 2 aromatic carbocycles. The summed E-state index contributed by atoms with van der Waals surface area (Å²) in [5.74, 6) is -0.0737. The Morgan fingerprint density at radius 3 is 2.52 bits per heavy atom. The summed E-state index contributed by atoms with van der Waals surface area (Å²) >= 11 is 0. The first-order valence-corrected chi connectivity index (χ1v) is 10.5. The maximum atomic E-state index is 12.7. The molecule has 1 saturated heterocycles. The smallest absolute Gasteiger partial charge is 0.261 e. The molecule has 0 aliphatic carbocycles. The summed E-state index contributed by atoms with van der Waals surface area (Å²) in [6.45, 7) is 7.99. The molecule has 0 unspecified atom stereocenters. The lowest BCUT2D eigenvalue weighted by atomic mass is 10.1. The molecule has 3 rings (SSSR count). The van der Waals surface area contributed by atoms with E-state index in [0.717, 1.165) is 24.2 Å². The Morgan fingerprint density at radius 2 is 1.85 bits per heavy atom. The molecule has 0 bridgehead atoms. The van der Waals surface area contributed by atoms with Gasteiger partial charge in [-0.3, -0.25) is 9.52 Å². The first kappa shape index (κ1) is 19.4. The van der Waals surface area contributed by atoms with Crippen LogP contribution in [0.4, 0.5) is 5.69 Å². The molecular weight excluding hydrogens is 362 g/mol. The molecule has 1 fully saturated rings. The van der Waals surface area contributed by atoms with Crippen molar-refractivity contribution in [1.29, 1.82) is 0 Å². The summed E-state index contributed by atoms with van der Waals surface area (Å²) < 4.78 is 28.0. The summed E-state index contributed by atoms with van der Waals surface area (Å²) in [7, 11) is -3.72. The van der Waals surface area contributed by atoms with Gasteiger partial charge < -0.3 is 10.2 Å². The van der Waals surface area contributed by atoms with E-state index in [1.54, 1.807) is 18.2 Å². The zero-order valence-electron chi connectivity index (χ0n) is 15.8. The number of sulfonamides is 1. The van der Waals surface area contributed by atoms with Gasteiger partial charge in [-0.25, -0.2) is 8.42 Å². The van der Waals surface area contributed by atoms with E-state index in [0.29, 0.717) is 17.8 Å². The molecule has 1 aliphatic rings. The summed E-state index contributed by atoms with van der Waals surface area (Å²) in [5.41, 5.74) is 2.96. The molecule has 27 heavy (non-hydrogen) atoms. The average molecular weight is 388 g/mol. The number of piperazine rings is 1. The predicted molar refractivity (Wildman–Crippen MR) is 107 cm³/mol. The topological polar surface area (TPSA) is 78.5 Å². The number of carbonyl (C=O) groups excluding carboxylic acids is 1. The fraction of sp³-hybridized carbons (Fsp3) is 0.350.